The molecule has 1 N–H and O–H groups in total. The van der Waals surface area contributed by atoms with Gasteiger partial charge in [0.15, 0.2) is 9.75 Å². The van der Waals surface area contributed by atoms with Crippen molar-refractivity contribution in [3.63, 3.8) is 0 Å². The largest absolute Gasteiger partial charge is 0.508 e. The van der Waals surface area contributed by atoms with Crippen molar-refractivity contribution in [1.29, 1.82) is 0 Å². The highest BCUT2D eigenvalue weighted by Crippen LogP contribution is 2.60. The molecule has 1 aliphatic heterocycles. The molecule has 1 aliphatic carbocycles. The summed E-state index contributed by atoms with van der Waals surface area (Å²) in [7, 11) is 0. The smallest absolute Gasteiger partial charge is 0.254 e. The van der Waals surface area contributed by atoms with Crippen LogP contribution in [-0.2, 0) is 9.59 Å². The molecule has 1 aromatic rings. The van der Waals surface area contributed by atoms with E-state index in [-0.39, 0.29) is 17.6 Å². The summed E-state index contributed by atoms with van der Waals surface area (Å²) >= 11 is 22.7. The molecule has 4 nitrogen and oxygen atoms in total. The number of carbonyl (C=O) groups excluding carboxylic acids is 2. The van der Waals surface area contributed by atoms with Gasteiger partial charge in [0, 0.05) is 16.5 Å². The van der Waals surface area contributed by atoms with Crippen LogP contribution in [0.5, 0.6) is 5.75 Å². The summed E-state index contributed by atoms with van der Waals surface area (Å²) in [6.45, 7) is 3.76. The van der Waals surface area contributed by atoms with Gasteiger partial charge in [-0.3, -0.25) is 14.5 Å². The second-order valence-electron chi connectivity index (χ2n) is 5.92. The van der Waals surface area contributed by atoms with Gasteiger partial charge in [0.1, 0.15) is 5.75 Å². The second kappa shape index (κ2) is 6.31. The fraction of sp³-hybridized carbons (Fsp3) is 0.294. The number of fused-ring (bicyclic) bond motifs is 1. The summed E-state index contributed by atoms with van der Waals surface area (Å²) < 4.78 is 0. The van der Waals surface area contributed by atoms with E-state index in [9.17, 15) is 14.7 Å². The third-order valence-electron chi connectivity index (χ3n) is 4.72. The van der Waals surface area contributed by atoms with E-state index in [1.807, 2.05) is 0 Å². The van der Waals surface area contributed by atoms with E-state index < -0.39 is 27.5 Å². The van der Waals surface area contributed by atoms with Crippen LogP contribution < -0.4 is 0 Å². The first-order chi connectivity index (χ1) is 11.7. The number of likely N-dealkylation sites (tertiary alicyclic amines) is 1. The highest BCUT2D eigenvalue weighted by atomic mass is 79.9. The molecular weight excluding hydrogens is 452 g/mol. The number of alkyl halides is 3. The van der Waals surface area contributed by atoms with Gasteiger partial charge in [-0.15, -0.1) is 23.2 Å². The van der Waals surface area contributed by atoms with Gasteiger partial charge in [0.05, 0.1) is 5.45 Å². The number of rotatable bonds is 3. The van der Waals surface area contributed by atoms with Crippen molar-refractivity contribution in [2.75, 3.05) is 5.45 Å². The molecule has 0 saturated carbocycles. The summed E-state index contributed by atoms with van der Waals surface area (Å²) in [5.74, 6) is -2.17. The average molecular weight is 466 g/mol. The Bertz CT molecular complexity index is 827. The predicted octanol–water partition coefficient (Wildman–Crippen LogP) is 4.32. The zero-order chi connectivity index (χ0) is 18.6. The van der Waals surface area contributed by atoms with Gasteiger partial charge in [-0.25, -0.2) is 0 Å². The molecule has 0 spiro atoms. The number of amides is 2. The zero-order valence-corrected chi connectivity index (χ0v) is 16.7. The van der Waals surface area contributed by atoms with Crippen LogP contribution in [-0.4, -0.2) is 37.0 Å². The second-order valence-corrected chi connectivity index (χ2v) is 8.10. The Morgan fingerprint density at radius 1 is 1.36 bits per heavy atom. The molecular formula is C17H13BrCl3NO3. The van der Waals surface area contributed by atoms with E-state index >= 15 is 0 Å². The summed E-state index contributed by atoms with van der Waals surface area (Å²) in [6.07, 6.45) is 3.33. The fourth-order valence-electron chi connectivity index (χ4n) is 3.48. The Morgan fingerprint density at radius 3 is 2.64 bits per heavy atom. The summed E-state index contributed by atoms with van der Waals surface area (Å²) in [5.41, 5.74) is 0.892. The number of imide groups is 1. The number of hydrogen-bond donors (Lipinski definition) is 1. The standard InChI is InChI=1S/C17H13BrCl3NO3/c1-2-9-5-6-16(20)14(24)22(8-18)15(25)17(16,21)13(9)11-7-10(19)3-4-12(11)23/h2-5,7,13,23H,1,6,8H2/t13-,16-,17+/m1/s1. The Labute approximate surface area is 168 Å². The van der Waals surface area contributed by atoms with E-state index in [0.717, 1.165) is 4.90 Å². The van der Waals surface area contributed by atoms with Crippen LogP contribution >= 0.6 is 50.7 Å². The quantitative estimate of drug-likeness (QED) is 0.411. The Balaban J connectivity index is 2.31. The van der Waals surface area contributed by atoms with Crippen molar-refractivity contribution in [1.82, 2.24) is 4.90 Å². The highest BCUT2D eigenvalue weighted by Gasteiger charge is 2.72. The van der Waals surface area contributed by atoms with Crippen LogP contribution in [0, 0.1) is 0 Å². The molecule has 0 radical (unpaired) electrons. The molecule has 2 aliphatic rings. The van der Waals surface area contributed by atoms with E-state index in [1.54, 1.807) is 12.2 Å². The minimum Gasteiger partial charge on any atom is -0.508 e. The SMILES string of the molecule is C=CC1=CC[C@@]2(Cl)C(=O)N(CBr)C(=O)[C@@]2(Cl)[C@H]1c1cc(Cl)ccc1O. The van der Waals surface area contributed by atoms with Gasteiger partial charge < -0.3 is 5.11 Å². The molecule has 1 saturated heterocycles. The Morgan fingerprint density at radius 2 is 2.04 bits per heavy atom. The maximum Gasteiger partial charge on any atom is 0.254 e. The summed E-state index contributed by atoms with van der Waals surface area (Å²) in [5, 5.41) is 10.7. The molecule has 0 unspecified atom stereocenters. The van der Waals surface area contributed by atoms with Gasteiger partial charge in [-0.05, 0) is 30.2 Å². The molecule has 3 rings (SSSR count). The van der Waals surface area contributed by atoms with Crippen LogP contribution in [0.3, 0.4) is 0 Å². The van der Waals surface area contributed by atoms with Gasteiger partial charge in [-0.2, -0.15) is 0 Å². The Kier molecular flexibility index (Phi) is 4.73. The van der Waals surface area contributed by atoms with Crippen LogP contribution in [0.1, 0.15) is 17.9 Å². The van der Waals surface area contributed by atoms with E-state index in [0.29, 0.717) is 16.2 Å². The van der Waals surface area contributed by atoms with E-state index in [4.69, 9.17) is 34.8 Å². The van der Waals surface area contributed by atoms with Crippen LogP contribution in [0.2, 0.25) is 5.02 Å². The van der Waals surface area contributed by atoms with Gasteiger partial charge in [0.2, 0.25) is 0 Å². The molecule has 1 heterocycles. The summed E-state index contributed by atoms with van der Waals surface area (Å²) in [4.78, 5) is 23.3. The predicted molar refractivity (Wildman–Crippen MR) is 102 cm³/mol. The molecule has 8 heteroatoms. The first-order valence-electron chi connectivity index (χ1n) is 7.33. The van der Waals surface area contributed by atoms with Gasteiger partial charge in [-0.1, -0.05) is 46.3 Å². The number of carbonyl (C=O) groups is 2. The van der Waals surface area contributed by atoms with Crippen molar-refractivity contribution in [2.24, 2.45) is 0 Å². The highest BCUT2D eigenvalue weighted by molar-refractivity contribution is 9.09. The lowest BCUT2D eigenvalue weighted by Crippen LogP contribution is -2.54. The first kappa shape index (κ1) is 18.8. The molecule has 0 bridgehead atoms. The summed E-state index contributed by atoms with van der Waals surface area (Å²) in [6, 6.07) is 4.44. The molecule has 25 heavy (non-hydrogen) atoms. The minimum absolute atomic E-state index is 0.0225. The van der Waals surface area contributed by atoms with Crippen molar-refractivity contribution in [3.8, 4) is 5.75 Å². The van der Waals surface area contributed by atoms with Crippen molar-refractivity contribution >= 4 is 62.5 Å². The molecule has 0 aromatic heterocycles. The van der Waals surface area contributed by atoms with Crippen LogP contribution in [0.25, 0.3) is 0 Å². The number of hydrogen-bond acceptors (Lipinski definition) is 3. The number of phenols is 1. The number of aromatic hydroxyl groups is 1. The third kappa shape index (κ3) is 2.40. The zero-order valence-electron chi connectivity index (χ0n) is 12.8. The van der Waals surface area contributed by atoms with Gasteiger partial charge >= 0.3 is 0 Å². The lowest BCUT2D eigenvalue weighted by molar-refractivity contribution is -0.138. The van der Waals surface area contributed by atoms with E-state index in [2.05, 4.69) is 22.5 Å². The maximum atomic E-state index is 13.0. The molecule has 3 atom stereocenters. The molecule has 1 aromatic carbocycles. The van der Waals surface area contributed by atoms with Crippen LogP contribution in [0.15, 0.2) is 42.5 Å². The number of nitrogens with zero attached hydrogens (tertiary/aromatic N) is 1. The number of benzene rings is 1. The third-order valence-corrected chi connectivity index (χ3v) is 6.87. The van der Waals surface area contributed by atoms with Crippen LogP contribution in [0.4, 0.5) is 0 Å². The van der Waals surface area contributed by atoms with Gasteiger partial charge in [0.25, 0.3) is 11.8 Å². The topological polar surface area (TPSA) is 57.6 Å². The normalized spacial score (nSPS) is 31.8. The van der Waals surface area contributed by atoms with Crippen molar-refractivity contribution in [3.05, 3.63) is 53.1 Å². The van der Waals surface area contributed by atoms with E-state index in [1.165, 1.54) is 18.2 Å². The molecule has 132 valence electrons. The lowest BCUT2D eigenvalue weighted by Gasteiger charge is -2.42. The number of allylic oxidation sites excluding steroid dienone is 3. The number of phenolic OH excluding ortho intramolecular Hbond substituents is 1. The number of halogens is 4. The van der Waals surface area contributed by atoms with Crippen molar-refractivity contribution in [2.45, 2.75) is 22.1 Å². The molecule has 2 amide bonds. The lowest BCUT2D eigenvalue weighted by atomic mass is 9.68. The van der Waals surface area contributed by atoms with Crippen molar-refractivity contribution < 1.29 is 14.7 Å². The fourth-order valence-corrected chi connectivity index (χ4v) is 4.99. The molecule has 1 fully saturated rings. The maximum absolute atomic E-state index is 13.0. The monoisotopic (exact) mass is 463 g/mol. The minimum atomic E-state index is -1.81. The average Bonchev–Trinajstić information content (AvgIpc) is 2.73. The first-order valence-corrected chi connectivity index (χ1v) is 9.59. The Hall–Kier alpha value is -1.01.